The molecule has 0 spiro atoms. The number of anilines is 1. The van der Waals surface area contributed by atoms with Crippen molar-refractivity contribution in [2.75, 3.05) is 25.0 Å². The topological polar surface area (TPSA) is 50.4 Å². The van der Waals surface area contributed by atoms with Crippen molar-refractivity contribution in [1.82, 2.24) is 5.32 Å². The van der Waals surface area contributed by atoms with Gasteiger partial charge < -0.3 is 15.4 Å². The first kappa shape index (κ1) is 15.1. The lowest BCUT2D eigenvalue weighted by molar-refractivity contribution is -0.137. The molecule has 0 saturated carbocycles. The van der Waals surface area contributed by atoms with Crippen molar-refractivity contribution in [3.63, 3.8) is 0 Å². The molecule has 0 fully saturated rings. The molecule has 0 unspecified atom stereocenters. The molecule has 1 amide bonds. The third-order valence-electron chi connectivity index (χ3n) is 2.10. The average Bonchev–Trinajstić information content (AvgIpc) is 2.35. The van der Waals surface area contributed by atoms with Crippen LogP contribution in [-0.2, 0) is 4.79 Å². The van der Waals surface area contributed by atoms with E-state index >= 15 is 0 Å². The van der Waals surface area contributed by atoms with Crippen LogP contribution in [0.4, 0.5) is 18.9 Å². The number of alkyl halides is 3. The zero-order valence-electron chi connectivity index (χ0n) is 10.4. The first-order chi connectivity index (χ1) is 8.90. The summed E-state index contributed by atoms with van der Waals surface area (Å²) in [6.07, 6.45) is -4.39. The van der Waals surface area contributed by atoms with E-state index in [1.165, 1.54) is 0 Å². The Morgan fingerprint density at radius 1 is 1.26 bits per heavy atom. The van der Waals surface area contributed by atoms with E-state index in [2.05, 4.69) is 5.32 Å². The number of amides is 1. The van der Waals surface area contributed by atoms with Gasteiger partial charge in [-0.2, -0.15) is 13.2 Å². The predicted molar refractivity (Wildman–Crippen MR) is 65.2 cm³/mol. The maximum Gasteiger partial charge on any atom is 0.405 e. The van der Waals surface area contributed by atoms with Gasteiger partial charge in [0.25, 0.3) is 0 Å². The molecular weight excluding hydrogens is 261 g/mol. The summed E-state index contributed by atoms with van der Waals surface area (Å²) in [5, 5.41) is 4.49. The molecule has 0 bridgehead atoms. The average molecular weight is 276 g/mol. The highest BCUT2D eigenvalue weighted by molar-refractivity contribution is 5.80. The van der Waals surface area contributed by atoms with Crippen LogP contribution < -0.4 is 15.4 Å². The largest absolute Gasteiger partial charge is 0.494 e. The zero-order chi connectivity index (χ0) is 14.3. The van der Waals surface area contributed by atoms with Gasteiger partial charge in [-0.15, -0.1) is 0 Å². The van der Waals surface area contributed by atoms with Gasteiger partial charge in [0, 0.05) is 5.69 Å². The third-order valence-corrected chi connectivity index (χ3v) is 2.10. The van der Waals surface area contributed by atoms with Crippen molar-refractivity contribution in [1.29, 1.82) is 0 Å². The summed E-state index contributed by atoms with van der Waals surface area (Å²) >= 11 is 0. The summed E-state index contributed by atoms with van der Waals surface area (Å²) in [6.45, 7) is 0.866. The molecule has 1 aromatic carbocycles. The number of rotatable bonds is 6. The Morgan fingerprint density at radius 2 is 1.89 bits per heavy atom. The fraction of sp³-hybridized carbons (Fsp3) is 0.417. The fourth-order valence-electron chi connectivity index (χ4n) is 1.28. The highest BCUT2D eigenvalue weighted by Crippen LogP contribution is 2.15. The van der Waals surface area contributed by atoms with Gasteiger partial charge in [0.05, 0.1) is 13.2 Å². The van der Waals surface area contributed by atoms with Crippen molar-refractivity contribution in [2.24, 2.45) is 0 Å². The zero-order valence-corrected chi connectivity index (χ0v) is 10.4. The van der Waals surface area contributed by atoms with Crippen LogP contribution in [0.2, 0.25) is 0 Å². The maximum absolute atomic E-state index is 11.8. The monoisotopic (exact) mass is 276 g/mol. The van der Waals surface area contributed by atoms with Gasteiger partial charge in [-0.25, -0.2) is 0 Å². The highest BCUT2D eigenvalue weighted by atomic mass is 19.4. The Bertz CT molecular complexity index is 404. The number of carbonyl (C=O) groups excluding carboxylic acids is 1. The molecule has 4 nitrogen and oxygen atoms in total. The van der Waals surface area contributed by atoms with Crippen molar-refractivity contribution in [3.8, 4) is 5.75 Å². The van der Waals surface area contributed by atoms with E-state index in [4.69, 9.17) is 4.74 Å². The van der Waals surface area contributed by atoms with Crippen LogP contribution in [0.1, 0.15) is 6.92 Å². The van der Waals surface area contributed by atoms with Gasteiger partial charge >= 0.3 is 6.18 Å². The van der Waals surface area contributed by atoms with E-state index in [9.17, 15) is 18.0 Å². The fourth-order valence-corrected chi connectivity index (χ4v) is 1.28. The first-order valence-corrected chi connectivity index (χ1v) is 5.71. The lowest BCUT2D eigenvalue weighted by Crippen LogP contribution is -2.37. The summed E-state index contributed by atoms with van der Waals surface area (Å²) in [5.74, 6) is -0.0271. The number of ether oxygens (including phenoxy) is 1. The van der Waals surface area contributed by atoms with Crippen molar-refractivity contribution >= 4 is 11.6 Å². The normalized spacial score (nSPS) is 10.9. The quantitative estimate of drug-likeness (QED) is 0.837. The minimum absolute atomic E-state index is 0.218. The van der Waals surface area contributed by atoms with Crippen molar-refractivity contribution < 1.29 is 22.7 Å². The van der Waals surface area contributed by atoms with Crippen LogP contribution >= 0.6 is 0 Å². The number of hydrogen-bond acceptors (Lipinski definition) is 3. The molecule has 2 N–H and O–H groups in total. The number of nitrogens with one attached hydrogen (secondary N) is 2. The highest BCUT2D eigenvalue weighted by Gasteiger charge is 2.27. The Kier molecular flexibility index (Phi) is 5.47. The van der Waals surface area contributed by atoms with Crippen LogP contribution in [0.15, 0.2) is 24.3 Å². The van der Waals surface area contributed by atoms with Crippen molar-refractivity contribution in [3.05, 3.63) is 24.3 Å². The second kappa shape index (κ2) is 6.86. The molecule has 0 heterocycles. The first-order valence-electron chi connectivity index (χ1n) is 5.71. The molecule has 0 aliphatic carbocycles. The summed E-state index contributed by atoms with van der Waals surface area (Å²) < 4.78 is 40.8. The van der Waals surface area contributed by atoms with Crippen LogP contribution in [0, 0.1) is 0 Å². The third kappa shape index (κ3) is 6.54. The number of carbonyl (C=O) groups is 1. The molecule has 0 radical (unpaired) electrons. The van der Waals surface area contributed by atoms with Gasteiger partial charge in [-0.1, -0.05) is 0 Å². The van der Waals surface area contributed by atoms with Gasteiger partial charge in [0.1, 0.15) is 12.3 Å². The molecule has 0 aromatic heterocycles. The lowest BCUT2D eigenvalue weighted by Gasteiger charge is -2.10. The van der Waals surface area contributed by atoms with Gasteiger partial charge in [0.2, 0.25) is 5.91 Å². The van der Waals surface area contributed by atoms with Crippen LogP contribution in [-0.4, -0.2) is 31.8 Å². The number of hydrogen-bond donors (Lipinski definition) is 2. The molecule has 1 aromatic rings. The molecule has 0 saturated heterocycles. The molecule has 19 heavy (non-hydrogen) atoms. The van der Waals surface area contributed by atoms with E-state index in [-0.39, 0.29) is 6.54 Å². The summed E-state index contributed by atoms with van der Waals surface area (Å²) in [5.41, 5.74) is 0.630. The molecule has 0 aliphatic rings. The van der Waals surface area contributed by atoms with E-state index in [1.807, 2.05) is 6.92 Å². The van der Waals surface area contributed by atoms with Gasteiger partial charge in [-0.3, -0.25) is 4.79 Å². The summed E-state index contributed by atoms with van der Waals surface area (Å²) in [7, 11) is 0. The van der Waals surface area contributed by atoms with Gasteiger partial charge in [-0.05, 0) is 31.2 Å². The molecule has 0 atom stereocenters. The van der Waals surface area contributed by atoms with Crippen LogP contribution in [0.25, 0.3) is 0 Å². The standard InChI is InChI=1S/C12H15F3N2O2/c1-2-19-10-5-3-9(4-6-10)16-7-11(18)17-8-12(13,14)15/h3-6,16H,2,7-8H2,1H3,(H,17,18). The van der Waals surface area contributed by atoms with E-state index in [0.29, 0.717) is 18.0 Å². The Labute approximate surface area is 108 Å². The predicted octanol–water partition coefficient (Wildman–Crippen LogP) is 2.18. The second-order valence-corrected chi connectivity index (χ2v) is 3.70. The Balaban J connectivity index is 2.33. The molecule has 106 valence electrons. The van der Waals surface area contributed by atoms with E-state index < -0.39 is 18.6 Å². The lowest BCUT2D eigenvalue weighted by atomic mass is 10.3. The molecule has 0 aliphatic heterocycles. The van der Waals surface area contributed by atoms with Crippen molar-refractivity contribution in [2.45, 2.75) is 13.1 Å². The molecule has 1 rings (SSSR count). The van der Waals surface area contributed by atoms with E-state index in [0.717, 1.165) is 0 Å². The Morgan fingerprint density at radius 3 is 2.42 bits per heavy atom. The van der Waals surface area contributed by atoms with E-state index in [1.54, 1.807) is 29.6 Å². The van der Waals surface area contributed by atoms with Crippen LogP contribution in [0.3, 0.4) is 0 Å². The second-order valence-electron chi connectivity index (χ2n) is 3.70. The minimum Gasteiger partial charge on any atom is -0.494 e. The maximum atomic E-state index is 11.8. The summed E-state index contributed by atoms with van der Waals surface area (Å²) in [4.78, 5) is 11.1. The Hall–Kier alpha value is -1.92. The summed E-state index contributed by atoms with van der Waals surface area (Å²) in [6, 6.07) is 6.78. The smallest absolute Gasteiger partial charge is 0.405 e. The minimum atomic E-state index is -4.39. The number of halogens is 3. The molecule has 7 heteroatoms. The van der Waals surface area contributed by atoms with Crippen LogP contribution in [0.5, 0.6) is 5.75 Å². The van der Waals surface area contributed by atoms with Gasteiger partial charge in [0.15, 0.2) is 0 Å². The number of benzene rings is 1. The SMILES string of the molecule is CCOc1ccc(NCC(=O)NCC(F)(F)F)cc1. The molecular formula is C12H15F3N2O2.